The van der Waals surface area contributed by atoms with Gasteiger partial charge in [-0.1, -0.05) is 0 Å². The van der Waals surface area contributed by atoms with Crippen LogP contribution in [0, 0.1) is 0 Å². The Labute approximate surface area is 763 Å². The fourth-order valence-corrected chi connectivity index (χ4v) is 22.4. The molecule has 0 saturated carbocycles. The summed E-state index contributed by atoms with van der Waals surface area (Å²) in [6.07, 6.45) is -86.0. The molecular formula is C72H112O48S8. The lowest BCUT2D eigenvalue weighted by Gasteiger charge is -2.51. The number of carbonyl (C=O) groups is 8. The van der Waals surface area contributed by atoms with Crippen LogP contribution in [0.1, 0.15) is 51.9 Å². The molecule has 30 rings (SSSR count). The van der Waals surface area contributed by atoms with Crippen LogP contribution in [0.5, 0.6) is 0 Å². The van der Waals surface area contributed by atoms with Crippen molar-refractivity contribution in [1.29, 1.82) is 0 Å². The second-order valence-corrected chi connectivity index (χ2v) is 40.3. The van der Waals surface area contributed by atoms with Gasteiger partial charge >= 0.3 is 47.8 Å². The molecule has 0 amide bonds. The molecule has 30 heterocycles. The number of aliphatic hydroxyl groups excluding tert-OH is 16. The molecule has 128 heavy (non-hydrogen) atoms. The van der Waals surface area contributed by atoms with Crippen molar-refractivity contribution in [2.45, 2.75) is 303 Å². The zero-order chi connectivity index (χ0) is 93.8. The average Bonchev–Trinajstić information content (AvgIpc) is 0.768. The zero-order valence-electron chi connectivity index (χ0n) is 68.0. The summed E-state index contributed by atoms with van der Waals surface area (Å²) in [7, 11) is 0. The van der Waals surface area contributed by atoms with Gasteiger partial charge in [0, 0.05) is 86.3 Å². The smallest absolute Gasteiger partial charge is 0.316 e. The van der Waals surface area contributed by atoms with Crippen LogP contribution in [0.3, 0.4) is 0 Å². The Morgan fingerprint density at radius 2 is 0.328 bits per heavy atom. The number of carboxylic acid groups (broad SMARTS) is 8. The second-order valence-electron chi connectivity index (χ2n) is 30.8. The molecule has 30 saturated heterocycles. The van der Waals surface area contributed by atoms with Gasteiger partial charge in [0.2, 0.25) is 0 Å². The normalized spacial score (nSPS) is 41.8. The molecule has 0 aromatic rings. The molecule has 30 fully saturated rings. The Bertz CT molecular complexity index is 3350. The van der Waals surface area contributed by atoms with E-state index in [4.69, 9.17) is 75.8 Å². The number of hydrogen-bond donors (Lipinski definition) is 24. The van der Waals surface area contributed by atoms with Gasteiger partial charge in [-0.15, -0.1) is 11.8 Å². The van der Waals surface area contributed by atoms with Crippen LogP contribution in [-0.2, 0) is 114 Å². The molecule has 0 aromatic carbocycles. The third-order valence-electron chi connectivity index (χ3n) is 21.5. The van der Waals surface area contributed by atoms with Crippen molar-refractivity contribution in [3.8, 4) is 0 Å². The van der Waals surface area contributed by atoms with E-state index >= 15 is 0 Å². The van der Waals surface area contributed by atoms with E-state index in [0.29, 0.717) is 11.8 Å². The van der Waals surface area contributed by atoms with Crippen LogP contribution in [0.2, 0.25) is 0 Å². The summed E-state index contributed by atoms with van der Waals surface area (Å²) in [5, 5.41) is 271. The highest BCUT2D eigenvalue weighted by Gasteiger charge is 2.61. The summed E-state index contributed by atoms with van der Waals surface area (Å²) < 4.78 is 100. The van der Waals surface area contributed by atoms with Gasteiger partial charge in [0.05, 0.1) is 99.0 Å². The van der Waals surface area contributed by atoms with Gasteiger partial charge in [0.15, 0.2) is 50.3 Å². The fourth-order valence-electron chi connectivity index (χ4n) is 14.6. The van der Waals surface area contributed by atoms with Crippen LogP contribution in [0.4, 0.5) is 0 Å². The number of ether oxygens (including phenoxy) is 16. The number of thioether (sulfide) groups is 8. The van der Waals surface area contributed by atoms with E-state index in [1.54, 1.807) is 0 Å². The quantitative estimate of drug-likeness (QED) is 0.0254. The number of hydrogen-bond acceptors (Lipinski definition) is 48. The van der Waals surface area contributed by atoms with Crippen LogP contribution < -0.4 is 0 Å². The minimum Gasteiger partial charge on any atom is -0.481 e. The highest BCUT2D eigenvalue weighted by atomic mass is 32.2. The van der Waals surface area contributed by atoms with Crippen LogP contribution in [0.25, 0.3) is 0 Å². The third kappa shape index (κ3) is 30.1. The number of carboxylic acids is 8. The Hall–Kier alpha value is -2.72. The maximum atomic E-state index is 12.3. The predicted octanol–water partition coefficient (Wildman–Crippen LogP) is -7.68. The molecule has 0 radical (unpaired) electrons. The predicted molar refractivity (Wildman–Crippen MR) is 441 cm³/mol. The van der Waals surface area contributed by atoms with Crippen molar-refractivity contribution in [2.24, 2.45) is 0 Å². The van der Waals surface area contributed by atoms with Crippen molar-refractivity contribution in [2.75, 3.05) is 86.3 Å². The van der Waals surface area contributed by atoms with Crippen molar-refractivity contribution in [1.82, 2.24) is 0 Å². The van der Waals surface area contributed by atoms with Gasteiger partial charge in [-0.25, -0.2) is 0 Å². The number of aliphatic hydroxyl groups is 16. The molecule has 16 bridgehead atoms. The highest BCUT2D eigenvalue weighted by Crippen LogP contribution is 2.43. The lowest BCUT2D eigenvalue weighted by atomic mass is 9.95. The van der Waals surface area contributed by atoms with E-state index < -0.39 is 361 Å². The molecular weight excluding hydrogens is 1890 g/mol. The SMILES string of the molecule is C[C@H](SC[C@H]1O[C@@H]2O[C@H]3[C@H](O)[C@@H](O)[C@@H](O[C@H]4[C@H](O)[C@@H](O)[C@@H](O[C@H]5[C@H](O)[C@@H](O)[C@@H](O[C@H]6[C@H](O)[C@@H](O)[C@@H](O[C@H]7[C@H](O)[C@@H](O)[C@@H](O[C@H]8[C@H](O)[C@@H](O)[C@@H](O[C@H]9[C@H](O)[C@@H](O)[C@@H](O[C@H]1[C@H](O)[C@H]2O)O[C@@H]9CSCCC(=O)O)O[C@@H]8CSCCC(=O)O)O[C@@H]7CSCCC(=O)O)O[C@@H]6CSCCC(=O)O)O[C@@H]5CSCCC(=O)O)O[C@@H]4CSCCC(=O)O)O[C@@H]3CSCCC(=O)O)C(=O)O. The van der Waals surface area contributed by atoms with E-state index in [9.17, 15) is 161 Å². The topological polar surface area (TPSA) is 770 Å². The summed E-state index contributed by atoms with van der Waals surface area (Å²) >= 11 is 6.79. The summed E-state index contributed by atoms with van der Waals surface area (Å²) in [5.74, 6) is -14.6. The van der Waals surface area contributed by atoms with Crippen LogP contribution in [-0.4, -0.2) is 508 Å². The van der Waals surface area contributed by atoms with Crippen LogP contribution in [0.15, 0.2) is 0 Å². The van der Waals surface area contributed by atoms with Gasteiger partial charge in [0.25, 0.3) is 0 Å². The van der Waals surface area contributed by atoms with Crippen molar-refractivity contribution in [3.63, 3.8) is 0 Å². The van der Waals surface area contributed by atoms with Gasteiger partial charge < -0.3 is 198 Å². The molecule has 0 aromatic heterocycles. The average molecular weight is 2000 g/mol. The monoisotopic (exact) mass is 2000 g/mol. The standard InChI is InChI=1S/C72H112O48S8/c1-24(64(103)104)128-23-32-63-47(94)55(102)72(112-32)119-62-31(22-127-15-8-39(85)86)110-70(53(100)45(62)92)117-60-29(20-125-13-6-37(81)82)108-68(51(98)43(60)90)115-58-27(18-123-11-4-35(77)78)106-66(49(96)41(58)88)113-56-25(16-121-9-2-33(73)74)105-65(48(95)40(56)87)114-57-26(17-122-10-3-34(75)76)107-67(50(97)42(57)89)116-59-28(19-124-12-5-36(79)80)109-69(52(99)44(59)91)118-61-30(21-126-14-7-38(83)84)111-71(120-63)54(101)46(61)93/h24-32,40-63,65-72,87-102H,2-23H2,1H3,(H,73,74)(H,75,76)(H,77,78)(H,79,80)(H,81,82)(H,83,84)(H,85,86)(H,103,104)/t24-,25+,26+,27+,28+,29+,30+,31+,32+,40+,41+,42+,43+,44+,45+,46+,47+,48+,49+,50+,51+,52+,53+,54+,55+,56+,57+,58+,59+,60+,61+,62+,63+,65+,66+,67+,68+,69+,70+,71+,72+/m0/s1. The minimum absolute atomic E-state index is 0.160. The molecule has 0 unspecified atom stereocenters. The fraction of sp³-hybridized carbons (Fsp3) is 0.889. The van der Waals surface area contributed by atoms with E-state index in [1.165, 1.54) is 6.92 Å². The highest BCUT2D eigenvalue weighted by molar-refractivity contribution is 8.01. The lowest BCUT2D eigenvalue weighted by molar-refractivity contribution is -0.396. The maximum Gasteiger partial charge on any atom is 0.316 e. The first kappa shape index (κ1) is 109. The second kappa shape index (κ2) is 52.2. The van der Waals surface area contributed by atoms with Gasteiger partial charge in [-0.2, -0.15) is 82.3 Å². The van der Waals surface area contributed by atoms with Crippen molar-refractivity contribution in [3.05, 3.63) is 0 Å². The Morgan fingerprint density at radius 3 is 0.445 bits per heavy atom. The first-order valence-electron chi connectivity index (χ1n) is 40.4. The molecule has 30 aliphatic heterocycles. The Morgan fingerprint density at radius 1 is 0.203 bits per heavy atom. The molecule has 48 nitrogen and oxygen atoms in total. The van der Waals surface area contributed by atoms with E-state index in [2.05, 4.69) is 0 Å². The van der Waals surface area contributed by atoms with Gasteiger partial charge in [0.1, 0.15) is 146 Å². The summed E-state index contributed by atoms with van der Waals surface area (Å²) in [4.78, 5) is 94.9. The Kier molecular flexibility index (Phi) is 44.4. The first-order valence-corrected chi connectivity index (χ1v) is 49.6. The zero-order valence-corrected chi connectivity index (χ0v) is 74.6. The molecule has 736 valence electrons. The van der Waals surface area contributed by atoms with Crippen molar-refractivity contribution < 1.29 is 237 Å². The summed E-state index contributed by atoms with van der Waals surface area (Å²) in [5.41, 5.74) is 0. The molecule has 41 atom stereocenters. The molecule has 30 aliphatic rings. The van der Waals surface area contributed by atoms with Gasteiger partial charge in [-0.05, 0) is 6.92 Å². The van der Waals surface area contributed by atoms with E-state index in [-0.39, 0.29) is 69.0 Å². The summed E-state index contributed by atoms with van der Waals surface area (Å²) in [6, 6.07) is 0. The Balaban J connectivity index is 1.12. The van der Waals surface area contributed by atoms with Crippen LogP contribution >= 0.6 is 94.1 Å². The first-order chi connectivity index (χ1) is 60.6. The lowest BCUT2D eigenvalue weighted by Crippen LogP contribution is -2.69. The minimum atomic E-state index is -2.36. The number of rotatable bonds is 39. The number of aliphatic carboxylic acids is 8. The van der Waals surface area contributed by atoms with E-state index in [0.717, 1.165) is 82.3 Å². The molecule has 0 aliphatic carbocycles. The maximum absolute atomic E-state index is 12.3. The third-order valence-corrected chi connectivity index (χ3v) is 30.1. The van der Waals surface area contributed by atoms with E-state index in [1.807, 2.05) is 0 Å². The molecule has 24 N–H and O–H groups in total. The summed E-state index contributed by atoms with van der Waals surface area (Å²) in [6.45, 7) is 1.25. The van der Waals surface area contributed by atoms with Gasteiger partial charge in [-0.3, -0.25) is 38.4 Å². The molecule has 0 spiro atoms. The molecule has 56 heteroatoms. The largest absolute Gasteiger partial charge is 0.481 e. The van der Waals surface area contributed by atoms with Crippen molar-refractivity contribution >= 4 is 142 Å².